The maximum absolute atomic E-state index is 15.0. The van der Waals surface area contributed by atoms with E-state index in [1.807, 2.05) is 0 Å². The summed E-state index contributed by atoms with van der Waals surface area (Å²) < 4.78 is 52.1. The van der Waals surface area contributed by atoms with Crippen molar-refractivity contribution in [3.8, 4) is 17.0 Å². The largest absolute Gasteiger partial charge is 0.479 e. The molecule has 1 aromatic carbocycles. The van der Waals surface area contributed by atoms with Crippen molar-refractivity contribution in [2.24, 2.45) is 0 Å². The third kappa shape index (κ3) is 3.54. The minimum atomic E-state index is -2.95. The number of benzene rings is 1. The molecule has 2 N–H and O–H groups in total. The van der Waals surface area contributed by atoms with Crippen LogP contribution in [-0.4, -0.2) is 73.8 Å². The number of nitrogen functional groups attached to an aromatic ring is 1. The van der Waals surface area contributed by atoms with Crippen LogP contribution in [0.25, 0.3) is 27.7 Å². The van der Waals surface area contributed by atoms with E-state index in [1.54, 1.807) is 36.3 Å². The van der Waals surface area contributed by atoms with Gasteiger partial charge in [0.05, 0.1) is 31.6 Å². The highest BCUT2D eigenvalue weighted by molar-refractivity contribution is 5.91. The SMILES string of the molecule is COc1nc(N)nn2cc([C@@H]3CN(C)CC3(F)F)c(-c3ccc4nnn(C[C@@H](C)F)c4c3)c12. The molecule has 0 bridgehead atoms. The molecule has 3 aromatic heterocycles. The quantitative estimate of drug-likeness (QED) is 0.489. The van der Waals surface area contributed by atoms with Gasteiger partial charge in [0.2, 0.25) is 11.8 Å². The maximum Gasteiger partial charge on any atom is 0.268 e. The minimum Gasteiger partial charge on any atom is -0.479 e. The van der Waals surface area contributed by atoms with E-state index in [0.717, 1.165) is 0 Å². The summed E-state index contributed by atoms with van der Waals surface area (Å²) in [6.07, 6.45) is 0.431. The van der Waals surface area contributed by atoms with Crippen molar-refractivity contribution < 1.29 is 17.9 Å². The van der Waals surface area contributed by atoms with E-state index in [9.17, 15) is 4.39 Å². The molecule has 174 valence electrons. The van der Waals surface area contributed by atoms with Gasteiger partial charge in [-0.2, -0.15) is 4.98 Å². The fourth-order valence-corrected chi connectivity index (χ4v) is 4.59. The van der Waals surface area contributed by atoms with Crippen molar-refractivity contribution in [1.29, 1.82) is 0 Å². The number of likely N-dealkylation sites (N-methyl/N-ethyl adjacent to an activating group) is 1. The Labute approximate surface area is 186 Å². The number of nitrogens with zero attached hydrogens (tertiary/aromatic N) is 7. The molecule has 1 aliphatic rings. The zero-order valence-corrected chi connectivity index (χ0v) is 18.3. The molecule has 1 aliphatic heterocycles. The highest BCUT2D eigenvalue weighted by atomic mass is 19.3. The fraction of sp³-hybridized carbons (Fsp3) is 0.429. The predicted octanol–water partition coefficient (Wildman–Crippen LogP) is 2.75. The summed E-state index contributed by atoms with van der Waals surface area (Å²) in [5.74, 6) is -3.90. The van der Waals surface area contributed by atoms with Crippen LogP contribution in [0.2, 0.25) is 0 Å². The standard InChI is InChI=1S/C21H23F3N8O/c1-11(22)7-31-16-6-12(4-5-15(16)27-29-31)17-13(14-9-30(2)10-21(14,23)24)8-32-18(17)19(33-3)26-20(25)28-32/h4-6,8,11,14H,7,9-10H2,1-3H3,(H2,25,28)/t11-,14+/m1/s1. The highest BCUT2D eigenvalue weighted by Crippen LogP contribution is 2.46. The number of halogens is 3. The van der Waals surface area contributed by atoms with Gasteiger partial charge < -0.3 is 10.5 Å². The van der Waals surface area contributed by atoms with Gasteiger partial charge in [-0.05, 0) is 37.2 Å². The Bertz CT molecular complexity index is 1350. The van der Waals surface area contributed by atoms with Gasteiger partial charge in [-0.3, -0.25) is 4.90 Å². The molecule has 4 heterocycles. The molecule has 33 heavy (non-hydrogen) atoms. The number of likely N-dealkylation sites (tertiary alicyclic amines) is 1. The second-order valence-corrected chi connectivity index (χ2v) is 8.50. The fourth-order valence-electron chi connectivity index (χ4n) is 4.59. The van der Waals surface area contributed by atoms with Crippen LogP contribution in [0.5, 0.6) is 5.88 Å². The molecule has 0 unspecified atom stereocenters. The van der Waals surface area contributed by atoms with Gasteiger partial charge in [-0.25, -0.2) is 22.4 Å². The number of aromatic nitrogens is 6. The Balaban J connectivity index is 1.79. The van der Waals surface area contributed by atoms with Crippen molar-refractivity contribution >= 4 is 22.5 Å². The maximum atomic E-state index is 15.0. The Morgan fingerprint density at radius 3 is 2.79 bits per heavy atom. The van der Waals surface area contributed by atoms with Crippen molar-refractivity contribution in [2.45, 2.75) is 31.5 Å². The number of ether oxygens (including phenoxy) is 1. The number of anilines is 1. The first-order valence-electron chi connectivity index (χ1n) is 10.4. The van der Waals surface area contributed by atoms with Crippen LogP contribution in [0.15, 0.2) is 24.4 Å². The van der Waals surface area contributed by atoms with Crippen LogP contribution in [0, 0.1) is 0 Å². The number of rotatable bonds is 5. The van der Waals surface area contributed by atoms with Crippen LogP contribution in [0.3, 0.4) is 0 Å². The number of hydrogen-bond donors (Lipinski definition) is 1. The number of methoxy groups -OCH3 is 1. The number of nitrogens with two attached hydrogens (primary N) is 1. The van der Waals surface area contributed by atoms with Crippen LogP contribution in [0.4, 0.5) is 19.1 Å². The summed E-state index contributed by atoms with van der Waals surface area (Å²) >= 11 is 0. The van der Waals surface area contributed by atoms with Crippen LogP contribution in [-0.2, 0) is 6.54 Å². The zero-order valence-electron chi connectivity index (χ0n) is 18.3. The lowest BCUT2D eigenvalue weighted by atomic mass is 9.90. The molecule has 4 aromatic rings. The summed E-state index contributed by atoms with van der Waals surface area (Å²) in [5.41, 5.74) is 8.93. The number of hydrogen-bond acceptors (Lipinski definition) is 7. The van der Waals surface area contributed by atoms with Crippen molar-refractivity contribution in [3.05, 3.63) is 30.0 Å². The first kappa shape index (κ1) is 21.4. The average molecular weight is 460 g/mol. The molecule has 0 amide bonds. The Morgan fingerprint density at radius 2 is 2.12 bits per heavy atom. The van der Waals surface area contributed by atoms with E-state index in [2.05, 4.69) is 20.4 Å². The second-order valence-electron chi connectivity index (χ2n) is 8.50. The minimum absolute atomic E-state index is 0.0256. The molecule has 0 aliphatic carbocycles. The monoisotopic (exact) mass is 460 g/mol. The molecule has 2 atom stereocenters. The topological polar surface area (TPSA) is 99.4 Å². The van der Waals surface area contributed by atoms with Crippen molar-refractivity contribution in [1.82, 2.24) is 34.5 Å². The lowest BCUT2D eigenvalue weighted by molar-refractivity contribution is -0.00105. The smallest absolute Gasteiger partial charge is 0.268 e. The van der Waals surface area contributed by atoms with Crippen molar-refractivity contribution in [3.63, 3.8) is 0 Å². The third-order valence-electron chi connectivity index (χ3n) is 5.93. The van der Waals surface area contributed by atoms with E-state index in [4.69, 9.17) is 10.5 Å². The van der Waals surface area contributed by atoms with Crippen LogP contribution in [0.1, 0.15) is 18.4 Å². The van der Waals surface area contributed by atoms with Gasteiger partial charge in [0, 0.05) is 18.3 Å². The molecular formula is C21H23F3N8O. The second kappa shape index (κ2) is 7.58. The summed E-state index contributed by atoms with van der Waals surface area (Å²) in [6, 6.07) is 5.27. The normalized spacial score (nSPS) is 19.5. The molecule has 1 saturated heterocycles. The molecular weight excluding hydrogens is 437 g/mol. The van der Waals surface area contributed by atoms with E-state index in [0.29, 0.717) is 33.2 Å². The average Bonchev–Trinajstić information content (AvgIpc) is 3.39. The summed E-state index contributed by atoms with van der Waals surface area (Å²) in [5, 5.41) is 12.3. The summed E-state index contributed by atoms with van der Waals surface area (Å²) in [6.45, 7) is 1.28. The van der Waals surface area contributed by atoms with Gasteiger partial charge in [0.1, 0.15) is 17.2 Å². The van der Waals surface area contributed by atoms with Crippen molar-refractivity contribution in [2.75, 3.05) is 33.0 Å². The van der Waals surface area contributed by atoms with Gasteiger partial charge in [-0.15, -0.1) is 10.2 Å². The zero-order chi connectivity index (χ0) is 23.5. The molecule has 1 fully saturated rings. The first-order chi connectivity index (χ1) is 15.7. The molecule has 0 radical (unpaired) electrons. The number of fused-ring (bicyclic) bond motifs is 2. The lowest BCUT2D eigenvalue weighted by Gasteiger charge is -2.18. The molecule has 0 saturated carbocycles. The number of alkyl halides is 3. The highest BCUT2D eigenvalue weighted by Gasteiger charge is 2.49. The molecule has 12 heteroatoms. The van der Waals surface area contributed by atoms with Gasteiger partial charge in [-0.1, -0.05) is 11.3 Å². The van der Waals surface area contributed by atoms with Gasteiger partial charge >= 0.3 is 0 Å². The molecule has 0 spiro atoms. The van der Waals surface area contributed by atoms with E-state index in [1.165, 1.54) is 23.2 Å². The van der Waals surface area contributed by atoms with Crippen LogP contribution < -0.4 is 10.5 Å². The van der Waals surface area contributed by atoms with E-state index >= 15 is 8.78 Å². The van der Waals surface area contributed by atoms with Gasteiger partial charge in [0.25, 0.3) is 5.92 Å². The summed E-state index contributed by atoms with van der Waals surface area (Å²) in [7, 11) is 3.09. The Kier molecular flexibility index (Phi) is 4.92. The van der Waals surface area contributed by atoms with Crippen LogP contribution >= 0.6 is 0 Å². The van der Waals surface area contributed by atoms with E-state index < -0.39 is 18.0 Å². The summed E-state index contributed by atoms with van der Waals surface area (Å²) in [4.78, 5) is 5.75. The predicted molar refractivity (Wildman–Crippen MR) is 116 cm³/mol. The Morgan fingerprint density at radius 1 is 1.33 bits per heavy atom. The Hall–Kier alpha value is -3.41. The lowest BCUT2D eigenvalue weighted by Crippen LogP contribution is -2.25. The molecule has 5 rings (SSSR count). The first-order valence-corrected chi connectivity index (χ1v) is 10.4. The third-order valence-corrected chi connectivity index (χ3v) is 5.93. The van der Waals surface area contributed by atoms with Gasteiger partial charge in [0.15, 0.2) is 0 Å². The molecule has 9 nitrogen and oxygen atoms in total. The van der Waals surface area contributed by atoms with E-state index in [-0.39, 0.29) is 31.5 Å².